The zero-order chi connectivity index (χ0) is 13.0. The zero-order valence-electron chi connectivity index (χ0n) is 10.7. The van der Waals surface area contributed by atoms with Crippen molar-refractivity contribution in [2.24, 2.45) is 22.9 Å². The molecule has 5 atom stereocenters. The molecule has 0 saturated carbocycles. The van der Waals surface area contributed by atoms with Crippen molar-refractivity contribution in [1.29, 1.82) is 0 Å². The third kappa shape index (κ3) is 3.35. The molecule has 1 rings (SSSR count). The van der Waals surface area contributed by atoms with Gasteiger partial charge in [-0.25, -0.2) is 0 Å². The van der Waals surface area contributed by atoms with Crippen molar-refractivity contribution in [3.63, 3.8) is 0 Å². The number of carbonyl (C=O) groups is 1. The van der Waals surface area contributed by atoms with E-state index in [9.17, 15) is 4.79 Å². The molecule has 2 unspecified atom stereocenters. The highest BCUT2D eigenvalue weighted by atomic mass is 16.6. The molecule has 96 valence electrons. The fraction of sp³-hybridized carbons (Fsp3) is 0.909. The first-order valence-corrected chi connectivity index (χ1v) is 5.80. The summed E-state index contributed by atoms with van der Waals surface area (Å²) in [6.07, 6.45) is -0.688. The Morgan fingerprint density at radius 1 is 1.35 bits per heavy atom. The van der Waals surface area contributed by atoms with Crippen molar-refractivity contribution in [2.45, 2.75) is 40.0 Å². The van der Waals surface area contributed by atoms with Gasteiger partial charge in [0, 0.05) is 11.8 Å². The van der Waals surface area contributed by atoms with E-state index in [1.807, 2.05) is 6.92 Å². The molecule has 0 aromatic carbocycles. The van der Waals surface area contributed by atoms with Crippen LogP contribution in [0.4, 0.5) is 0 Å². The van der Waals surface area contributed by atoms with Crippen LogP contribution in [-0.4, -0.2) is 24.9 Å². The summed E-state index contributed by atoms with van der Waals surface area (Å²) >= 11 is 0. The van der Waals surface area contributed by atoms with Gasteiger partial charge in [-0.3, -0.25) is 4.79 Å². The molecule has 0 aromatic rings. The Bertz CT molecular complexity index is 328. The number of nitrogens with zero attached hydrogens (tertiary/aromatic N) is 3. The van der Waals surface area contributed by atoms with Gasteiger partial charge in [0.05, 0.1) is 6.10 Å². The van der Waals surface area contributed by atoms with E-state index in [1.54, 1.807) is 0 Å². The van der Waals surface area contributed by atoms with Crippen LogP contribution in [0, 0.1) is 17.8 Å². The molecule has 0 spiro atoms. The summed E-state index contributed by atoms with van der Waals surface area (Å²) in [6.45, 7) is 7.73. The lowest BCUT2D eigenvalue weighted by Crippen LogP contribution is -2.45. The quantitative estimate of drug-likeness (QED) is 0.329. The van der Waals surface area contributed by atoms with Gasteiger partial charge in [-0.2, -0.15) is 0 Å². The fourth-order valence-corrected chi connectivity index (χ4v) is 2.08. The molecule has 0 aromatic heterocycles. The molecule has 17 heavy (non-hydrogen) atoms. The van der Waals surface area contributed by atoms with E-state index in [0.29, 0.717) is 5.92 Å². The highest BCUT2D eigenvalue weighted by Crippen LogP contribution is 2.35. The fourth-order valence-electron chi connectivity index (χ4n) is 2.08. The minimum atomic E-state index is -0.480. The highest BCUT2D eigenvalue weighted by Gasteiger charge is 2.38. The maximum atomic E-state index is 10.8. The van der Waals surface area contributed by atoms with Gasteiger partial charge in [-0.15, -0.1) is 0 Å². The molecule has 1 saturated heterocycles. The Labute approximate surface area is 101 Å². The van der Waals surface area contributed by atoms with E-state index in [0.717, 1.165) is 0 Å². The van der Waals surface area contributed by atoms with Crippen LogP contribution in [-0.2, 0) is 14.3 Å². The smallest absolute Gasteiger partial charge is 0.302 e. The van der Waals surface area contributed by atoms with Gasteiger partial charge in [0.25, 0.3) is 0 Å². The van der Waals surface area contributed by atoms with Crippen LogP contribution in [0.15, 0.2) is 5.11 Å². The Balaban J connectivity index is 2.70. The first-order valence-electron chi connectivity index (χ1n) is 5.80. The number of ether oxygens (including phenoxy) is 2. The number of rotatable bonds is 3. The molecule has 6 heteroatoms. The van der Waals surface area contributed by atoms with Crippen LogP contribution >= 0.6 is 0 Å². The van der Waals surface area contributed by atoms with E-state index < -0.39 is 6.23 Å². The average Bonchev–Trinajstić information content (AvgIpc) is 2.28. The van der Waals surface area contributed by atoms with Gasteiger partial charge in [0.15, 0.2) is 0 Å². The maximum Gasteiger partial charge on any atom is 0.302 e. The minimum Gasteiger partial charge on any atom is -0.463 e. The molecule has 0 N–H and O–H groups in total. The molecule has 1 heterocycles. The van der Waals surface area contributed by atoms with Crippen LogP contribution in [0.2, 0.25) is 0 Å². The van der Waals surface area contributed by atoms with Crippen molar-refractivity contribution in [3.05, 3.63) is 10.4 Å². The van der Waals surface area contributed by atoms with Crippen LogP contribution in [0.3, 0.4) is 0 Å². The van der Waals surface area contributed by atoms with Crippen molar-refractivity contribution in [2.75, 3.05) is 6.61 Å². The molecular weight excluding hydrogens is 222 g/mol. The van der Waals surface area contributed by atoms with Crippen molar-refractivity contribution in [1.82, 2.24) is 0 Å². The largest absolute Gasteiger partial charge is 0.463 e. The average molecular weight is 241 g/mol. The third-order valence-corrected chi connectivity index (χ3v) is 3.63. The standard InChI is InChI=1S/C11H19N3O3/c1-6-7(2)10(5-16-9(4)15)17-11(8(6)3)13-14-12/h6-8,10-11H,5H2,1-4H3/t6-,7-,8?,10?,11+/m0/s1. The van der Waals surface area contributed by atoms with E-state index >= 15 is 0 Å². The third-order valence-electron chi connectivity index (χ3n) is 3.63. The van der Waals surface area contributed by atoms with E-state index in [-0.39, 0.29) is 30.5 Å². The van der Waals surface area contributed by atoms with Crippen molar-refractivity contribution < 1.29 is 14.3 Å². The zero-order valence-corrected chi connectivity index (χ0v) is 10.7. The SMILES string of the molecule is CC(=O)OCC1O[C@@H](N=[N+]=[N-])C(C)[C@@H](C)[C@@H]1C. The van der Waals surface area contributed by atoms with Gasteiger partial charge in [0.2, 0.25) is 0 Å². The molecule has 0 amide bonds. The van der Waals surface area contributed by atoms with Gasteiger partial charge in [-0.05, 0) is 23.3 Å². The number of hydrogen-bond donors (Lipinski definition) is 0. The van der Waals surface area contributed by atoms with Crippen molar-refractivity contribution >= 4 is 5.97 Å². The summed E-state index contributed by atoms with van der Waals surface area (Å²) in [5.74, 6) is 0.441. The molecule has 1 aliphatic rings. The van der Waals surface area contributed by atoms with Crippen LogP contribution in [0.5, 0.6) is 0 Å². The monoisotopic (exact) mass is 241 g/mol. The molecule has 0 bridgehead atoms. The number of hydrogen-bond acceptors (Lipinski definition) is 4. The molecule has 1 aliphatic heterocycles. The summed E-state index contributed by atoms with van der Waals surface area (Å²) in [7, 11) is 0. The second-order valence-corrected chi connectivity index (χ2v) is 4.65. The molecule has 0 radical (unpaired) electrons. The Morgan fingerprint density at radius 2 is 2.00 bits per heavy atom. The van der Waals surface area contributed by atoms with Crippen molar-refractivity contribution in [3.8, 4) is 0 Å². The van der Waals surface area contributed by atoms with Gasteiger partial charge >= 0.3 is 5.97 Å². The minimum absolute atomic E-state index is 0.162. The van der Waals surface area contributed by atoms with Crippen LogP contribution in [0.25, 0.3) is 10.4 Å². The number of esters is 1. The Morgan fingerprint density at radius 3 is 2.53 bits per heavy atom. The lowest BCUT2D eigenvalue weighted by atomic mass is 9.78. The molecular formula is C11H19N3O3. The Hall–Kier alpha value is -1.26. The summed E-state index contributed by atoms with van der Waals surface area (Å²) in [4.78, 5) is 13.6. The molecule has 6 nitrogen and oxygen atoms in total. The second kappa shape index (κ2) is 5.89. The Kier molecular flexibility index (Phi) is 4.78. The predicted molar refractivity (Wildman–Crippen MR) is 61.9 cm³/mol. The molecule has 0 aliphatic carbocycles. The maximum absolute atomic E-state index is 10.8. The number of azide groups is 1. The van der Waals surface area contributed by atoms with Crippen LogP contribution in [0.1, 0.15) is 27.7 Å². The summed E-state index contributed by atoms with van der Waals surface area (Å²) < 4.78 is 10.6. The van der Waals surface area contributed by atoms with E-state index in [2.05, 4.69) is 23.9 Å². The first kappa shape index (κ1) is 13.8. The lowest BCUT2D eigenvalue weighted by Gasteiger charge is -2.41. The summed E-state index contributed by atoms with van der Waals surface area (Å²) in [5, 5.41) is 3.64. The number of carbonyl (C=O) groups excluding carboxylic acids is 1. The van der Waals surface area contributed by atoms with E-state index in [4.69, 9.17) is 15.0 Å². The first-order chi connectivity index (χ1) is 7.97. The highest BCUT2D eigenvalue weighted by molar-refractivity contribution is 5.65. The van der Waals surface area contributed by atoms with E-state index in [1.165, 1.54) is 6.92 Å². The van der Waals surface area contributed by atoms with Gasteiger partial charge in [-0.1, -0.05) is 25.9 Å². The van der Waals surface area contributed by atoms with Crippen LogP contribution < -0.4 is 0 Å². The second-order valence-electron chi connectivity index (χ2n) is 4.65. The predicted octanol–water partition coefficient (Wildman–Crippen LogP) is 2.49. The summed E-state index contributed by atoms with van der Waals surface area (Å²) in [5.41, 5.74) is 8.49. The summed E-state index contributed by atoms with van der Waals surface area (Å²) in [6, 6.07) is 0. The van der Waals surface area contributed by atoms with Gasteiger partial charge in [0.1, 0.15) is 12.8 Å². The topological polar surface area (TPSA) is 84.3 Å². The lowest BCUT2D eigenvalue weighted by molar-refractivity contribution is -0.167. The molecule has 1 fully saturated rings. The van der Waals surface area contributed by atoms with Gasteiger partial charge < -0.3 is 9.47 Å². The normalized spacial score (nSPS) is 37.1.